The largest absolute Gasteiger partial charge is 0.367 e. The van der Waals surface area contributed by atoms with Crippen LogP contribution in [0.1, 0.15) is 25.1 Å². The van der Waals surface area contributed by atoms with E-state index in [9.17, 15) is 0 Å². The summed E-state index contributed by atoms with van der Waals surface area (Å²) in [6.07, 6.45) is 1.90. The molecule has 0 aliphatic heterocycles. The highest BCUT2D eigenvalue weighted by atomic mass is 15.2. The molecule has 1 atom stereocenters. The summed E-state index contributed by atoms with van der Waals surface area (Å²) in [7, 11) is 4.21. The number of aryl methyl sites for hydroxylation is 1. The van der Waals surface area contributed by atoms with Gasteiger partial charge in [-0.1, -0.05) is 0 Å². The fourth-order valence-corrected chi connectivity index (χ4v) is 2.34. The number of likely N-dealkylation sites (N-methyl/N-ethyl adjacent to an activating group) is 2. The SMILES string of the molecule is CCN(c1cc(C)ncc1CN)C(C)CN(C)C. The highest BCUT2D eigenvalue weighted by molar-refractivity contribution is 5.54. The molecular weight excluding hydrogens is 224 g/mol. The fourth-order valence-electron chi connectivity index (χ4n) is 2.34. The molecule has 0 radical (unpaired) electrons. The van der Waals surface area contributed by atoms with Gasteiger partial charge in [0.25, 0.3) is 0 Å². The van der Waals surface area contributed by atoms with Gasteiger partial charge in [0.15, 0.2) is 0 Å². The number of rotatable bonds is 6. The molecule has 0 spiro atoms. The smallest absolute Gasteiger partial charge is 0.0448 e. The minimum atomic E-state index is 0.456. The van der Waals surface area contributed by atoms with E-state index in [1.165, 1.54) is 5.69 Å². The lowest BCUT2D eigenvalue weighted by molar-refractivity contribution is 0.372. The molecule has 4 heteroatoms. The van der Waals surface area contributed by atoms with Gasteiger partial charge in [-0.05, 0) is 40.9 Å². The lowest BCUT2D eigenvalue weighted by Crippen LogP contribution is -2.40. The number of nitrogens with two attached hydrogens (primary N) is 1. The Labute approximate surface area is 111 Å². The van der Waals surface area contributed by atoms with E-state index in [1.54, 1.807) is 0 Å². The molecule has 2 N–H and O–H groups in total. The molecule has 0 saturated heterocycles. The molecule has 18 heavy (non-hydrogen) atoms. The van der Waals surface area contributed by atoms with E-state index in [-0.39, 0.29) is 0 Å². The predicted molar refractivity (Wildman–Crippen MR) is 77.9 cm³/mol. The average molecular weight is 250 g/mol. The first-order valence-corrected chi connectivity index (χ1v) is 6.56. The molecule has 1 aromatic heterocycles. The van der Waals surface area contributed by atoms with Crippen molar-refractivity contribution in [2.45, 2.75) is 33.4 Å². The molecule has 102 valence electrons. The lowest BCUT2D eigenvalue weighted by atomic mass is 10.1. The molecule has 0 saturated carbocycles. The van der Waals surface area contributed by atoms with Crippen LogP contribution < -0.4 is 10.6 Å². The molecule has 0 aliphatic rings. The van der Waals surface area contributed by atoms with Crippen LogP contribution in [-0.2, 0) is 6.54 Å². The quantitative estimate of drug-likeness (QED) is 0.833. The van der Waals surface area contributed by atoms with Gasteiger partial charge in [-0.25, -0.2) is 0 Å². The Balaban J connectivity index is 3.03. The molecular formula is C14H26N4. The van der Waals surface area contributed by atoms with E-state index in [1.807, 2.05) is 13.1 Å². The van der Waals surface area contributed by atoms with Crippen LogP contribution in [0.25, 0.3) is 0 Å². The standard InChI is InChI=1S/C14H26N4/c1-6-18(12(3)10-17(4)5)14-7-11(2)16-9-13(14)8-15/h7,9,12H,6,8,10,15H2,1-5H3. The highest BCUT2D eigenvalue weighted by Gasteiger charge is 2.16. The molecule has 1 unspecified atom stereocenters. The van der Waals surface area contributed by atoms with Crippen molar-refractivity contribution in [3.05, 3.63) is 23.5 Å². The zero-order chi connectivity index (χ0) is 13.7. The molecule has 0 fully saturated rings. The van der Waals surface area contributed by atoms with Crippen molar-refractivity contribution in [1.29, 1.82) is 0 Å². The third-order valence-electron chi connectivity index (χ3n) is 3.13. The Kier molecular flexibility index (Phi) is 5.56. The van der Waals surface area contributed by atoms with Crippen LogP contribution in [0.5, 0.6) is 0 Å². The van der Waals surface area contributed by atoms with Gasteiger partial charge in [0.05, 0.1) is 0 Å². The average Bonchev–Trinajstić information content (AvgIpc) is 2.29. The lowest BCUT2D eigenvalue weighted by Gasteiger charge is -2.33. The topological polar surface area (TPSA) is 45.4 Å². The van der Waals surface area contributed by atoms with E-state index >= 15 is 0 Å². The molecule has 4 nitrogen and oxygen atoms in total. The van der Waals surface area contributed by atoms with Crippen molar-refractivity contribution in [2.75, 3.05) is 32.1 Å². The maximum atomic E-state index is 5.82. The van der Waals surface area contributed by atoms with Gasteiger partial charge >= 0.3 is 0 Å². The number of hydrogen-bond acceptors (Lipinski definition) is 4. The molecule has 0 aliphatic carbocycles. The first-order chi connectivity index (χ1) is 8.49. The van der Waals surface area contributed by atoms with Crippen molar-refractivity contribution in [2.24, 2.45) is 5.73 Å². The number of aromatic nitrogens is 1. The van der Waals surface area contributed by atoms with Crippen molar-refractivity contribution in [3.63, 3.8) is 0 Å². The maximum Gasteiger partial charge on any atom is 0.0448 e. The summed E-state index contributed by atoms with van der Waals surface area (Å²) in [5.74, 6) is 0. The second kappa shape index (κ2) is 6.71. The zero-order valence-electron chi connectivity index (χ0n) is 12.3. The fraction of sp³-hybridized carbons (Fsp3) is 0.643. The summed E-state index contributed by atoms with van der Waals surface area (Å²) in [6.45, 7) is 8.99. The van der Waals surface area contributed by atoms with E-state index < -0.39 is 0 Å². The van der Waals surface area contributed by atoms with E-state index in [2.05, 4.69) is 48.8 Å². The molecule has 0 aromatic carbocycles. The summed E-state index contributed by atoms with van der Waals surface area (Å²) >= 11 is 0. The Hall–Kier alpha value is -1.13. The van der Waals surface area contributed by atoms with Crippen LogP contribution in [0, 0.1) is 6.92 Å². The van der Waals surface area contributed by atoms with Crippen LogP contribution in [0.2, 0.25) is 0 Å². The van der Waals surface area contributed by atoms with E-state index in [0.29, 0.717) is 12.6 Å². The number of nitrogens with zero attached hydrogens (tertiary/aromatic N) is 3. The molecule has 1 rings (SSSR count). The first kappa shape index (κ1) is 14.9. The monoisotopic (exact) mass is 250 g/mol. The van der Waals surface area contributed by atoms with Crippen molar-refractivity contribution in [1.82, 2.24) is 9.88 Å². The Bertz CT molecular complexity index is 376. The van der Waals surface area contributed by atoms with Gasteiger partial charge in [0.2, 0.25) is 0 Å². The number of anilines is 1. The summed E-state index contributed by atoms with van der Waals surface area (Å²) in [5.41, 5.74) is 9.20. The van der Waals surface area contributed by atoms with Gasteiger partial charge in [-0.2, -0.15) is 0 Å². The van der Waals surface area contributed by atoms with Crippen LogP contribution in [0.15, 0.2) is 12.3 Å². The summed E-state index contributed by atoms with van der Waals surface area (Å²) in [6, 6.07) is 2.59. The molecule has 0 amide bonds. The van der Waals surface area contributed by atoms with Crippen LogP contribution in [0.4, 0.5) is 5.69 Å². The van der Waals surface area contributed by atoms with E-state index in [4.69, 9.17) is 5.73 Å². The van der Waals surface area contributed by atoms with Crippen molar-refractivity contribution in [3.8, 4) is 0 Å². The summed E-state index contributed by atoms with van der Waals surface area (Å²) < 4.78 is 0. The minimum Gasteiger partial charge on any atom is -0.367 e. The van der Waals surface area contributed by atoms with Gasteiger partial charge < -0.3 is 15.5 Å². The first-order valence-electron chi connectivity index (χ1n) is 6.56. The van der Waals surface area contributed by atoms with Gasteiger partial charge in [0, 0.05) is 48.8 Å². The summed E-state index contributed by atoms with van der Waals surface area (Å²) in [5, 5.41) is 0. The van der Waals surface area contributed by atoms with Gasteiger partial charge in [-0.3, -0.25) is 4.98 Å². The Morgan fingerprint density at radius 3 is 2.56 bits per heavy atom. The highest BCUT2D eigenvalue weighted by Crippen LogP contribution is 2.22. The van der Waals surface area contributed by atoms with Crippen LogP contribution in [0.3, 0.4) is 0 Å². The molecule has 1 heterocycles. The second-order valence-corrected chi connectivity index (χ2v) is 5.06. The Morgan fingerprint density at radius 2 is 2.06 bits per heavy atom. The van der Waals surface area contributed by atoms with E-state index in [0.717, 1.165) is 24.3 Å². The number of pyridine rings is 1. The summed E-state index contributed by atoms with van der Waals surface area (Å²) in [4.78, 5) is 8.94. The van der Waals surface area contributed by atoms with Crippen LogP contribution >= 0.6 is 0 Å². The predicted octanol–water partition coefficient (Wildman–Crippen LogP) is 1.63. The normalized spacial score (nSPS) is 12.8. The number of hydrogen-bond donors (Lipinski definition) is 1. The Morgan fingerprint density at radius 1 is 1.39 bits per heavy atom. The van der Waals surface area contributed by atoms with Crippen LogP contribution in [-0.4, -0.2) is 43.1 Å². The molecule has 1 aromatic rings. The zero-order valence-corrected chi connectivity index (χ0v) is 12.3. The van der Waals surface area contributed by atoms with Gasteiger partial charge in [-0.15, -0.1) is 0 Å². The minimum absolute atomic E-state index is 0.456. The van der Waals surface area contributed by atoms with Crippen molar-refractivity contribution >= 4 is 5.69 Å². The van der Waals surface area contributed by atoms with Gasteiger partial charge in [0.1, 0.15) is 0 Å². The molecule has 0 bridgehead atoms. The van der Waals surface area contributed by atoms with Crippen molar-refractivity contribution < 1.29 is 0 Å². The third kappa shape index (κ3) is 3.68. The second-order valence-electron chi connectivity index (χ2n) is 5.06. The maximum absolute atomic E-state index is 5.82. The third-order valence-corrected chi connectivity index (χ3v) is 3.13.